The van der Waals surface area contributed by atoms with Gasteiger partial charge >= 0.3 is 11.9 Å². The fourth-order valence-corrected chi connectivity index (χ4v) is 5.72. The van der Waals surface area contributed by atoms with Gasteiger partial charge in [0, 0.05) is 11.3 Å². The predicted octanol–water partition coefficient (Wildman–Crippen LogP) is 4.94. The smallest absolute Gasteiger partial charge is 0.338 e. The maximum absolute atomic E-state index is 12.8. The fraction of sp³-hybridized carbons (Fsp3) is 0.265. The van der Waals surface area contributed by atoms with Crippen LogP contribution in [0.25, 0.3) is 0 Å². The van der Waals surface area contributed by atoms with Crippen LogP contribution >= 0.6 is 34.8 Å². The monoisotopic (exact) mass is 786 g/mol. The van der Waals surface area contributed by atoms with Gasteiger partial charge in [-0.15, -0.1) is 0 Å². The van der Waals surface area contributed by atoms with E-state index in [1.165, 1.54) is 13.3 Å². The second kappa shape index (κ2) is 17.5. The highest BCUT2D eigenvalue weighted by Crippen LogP contribution is 2.35. The number of ether oxygens (including phenoxy) is 5. The van der Waals surface area contributed by atoms with Gasteiger partial charge in [0.05, 0.1) is 47.3 Å². The van der Waals surface area contributed by atoms with Gasteiger partial charge in [0.1, 0.15) is 12.4 Å². The van der Waals surface area contributed by atoms with Crippen molar-refractivity contribution < 1.29 is 38.1 Å². The third-order valence-corrected chi connectivity index (χ3v) is 7.88. The molecule has 4 rings (SSSR count). The van der Waals surface area contributed by atoms with Crippen LogP contribution in [0, 0.1) is 3.57 Å². The zero-order valence-electron chi connectivity index (χ0n) is 26.8. The number of esters is 2. The molecular formula is C34H35IN4O8S. The molecule has 0 spiro atoms. The Morgan fingerprint density at radius 1 is 0.979 bits per heavy atom. The number of thiocarbonyl (C=S) groups is 1. The third-order valence-electron chi connectivity index (χ3n) is 6.86. The number of hydrogen-bond donors (Lipinski definition) is 3. The van der Waals surface area contributed by atoms with Crippen LogP contribution in [0.3, 0.4) is 0 Å². The molecule has 48 heavy (non-hydrogen) atoms. The number of hydrazone groups is 1. The first kappa shape index (κ1) is 36.1. The van der Waals surface area contributed by atoms with Crippen molar-refractivity contribution in [2.24, 2.45) is 5.10 Å². The Balaban J connectivity index is 1.37. The Bertz CT molecular complexity index is 1730. The molecule has 0 aliphatic carbocycles. The first-order chi connectivity index (χ1) is 23.1. The molecule has 14 heteroatoms. The fourth-order valence-electron chi connectivity index (χ4n) is 4.67. The quantitative estimate of drug-likeness (QED) is 0.0672. The van der Waals surface area contributed by atoms with Crippen molar-refractivity contribution in [1.29, 1.82) is 0 Å². The number of nitrogens with one attached hydrogen (secondary N) is 3. The number of halogens is 1. The molecule has 1 aliphatic heterocycles. The second-order valence-corrected chi connectivity index (χ2v) is 11.7. The Morgan fingerprint density at radius 3 is 2.40 bits per heavy atom. The number of para-hydroxylation sites is 1. The van der Waals surface area contributed by atoms with Crippen LogP contribution in [0.4, 0.5) is 0 Å². The highest BCUT2D eigenvalue weighted by molar-refractivity contribution is 14.1. The molecule has 0 saturated carbocycles. The maximum atomic E-state index is 12.8. The van der Waals surface area contributed by atoms with Gasteiger partial charge in [-0.25, -0.2) is 15.0 Å². The minimum absolute atomic E-state index is 0.214. The van der Waals surface area contributed by atoms with Crippen molar-refractivity contribution in [2.45, 2.75) is 33.4 Å². The molecule has 0 aromatic heterocycles. The molecule has 0 saturated heterocycles. The third kappa shape index (κ3) is 9.44. The van der Waals surface area contributed by atoms with E-state index in [9.17, 15) is 14.4 Å². The van der Waals surface area contributed by atoms with Crippen LogP contribution in [0.1, 0.15) is 53.9 Å². The predicted molar refractivity (Wildman–Crippen MR) is 191 cm³/mol. The molecular weight excluding hydrogens is 751 g/mol. The topological polar surface area (TPSA) is 146 Å². The van der Waals surface area contributed by atoms with E-state index in [1.807, 2.05) is 6.07 Å². The number of carbonyl (C=O) groups is 3. The van der Waals surface area contributed by atoms with Gasteiger partial charge in [-0.1, -0.05) is 30.3 Å². The lowest BCUT2D eigenvalue weighted by atomic mass is 9.95. The van der Waals surface area contributed by atoms with Crippen molar-refractivity contribution in [3.8, 4) is 17.2 Å². The van der Waals surface area contributed by atoms with Crippen LogP contribution < -0.4 is 30.3 Å². The first-order valence-corrected chi connectivity index (χ1v) is 16.4. The molecule has 1 amide bonds. The minimum Gasteiger partial charge on any atom is -0.493 e. The average Bonchev–Trinajstić information content (AvgIpc) is 3.06. The van der Waals surface area contributed by atoms with Crippen LogP contribution in [0.5, 0.6) is 17.2 Å². The largest absolute Gasteiger partial charge is 0.493 e. The number of nitrogens with zero attached hydrogens (tertiary/aromatic N) is 1. The molecule has 0 fully saturated rings. The Kier molecular flexibility index (Phi) is 13.1. The normalized spacial score (nSPS) is 14.1. The van der Waals surface area contributed by atoms with Crippen molar-refractivity contribution in [2.75, 3.05) is 26.9 Å². The van der Waals surface area contributed by atoms with E-state index in [0.29, 0.717) is 56.9 Å². The summed E-state index contributed by atoms with van der Waals surface area (Å²) >= 11 is 7.46. The summed E-state index contributed by atoms with van der Waals surface area (Å²) in [6.07, 6.45) is 1.48. The summed E-state index contributed by atoms with van der Waals surface area (Å²) < 4.78 is 28.5. The van der Waals surface area contributed by atoms with Crippen molar-refractivity contribution >= 4 is 64.0 Å². The molecule has 0 bridgehead atoms. The Labute approximate surface area is 297 Å². The number of rotatable bonds is 14. The highest BCUT2D eigenvalue weighted by atomic mass is 127. The number of methoxy groups -OCH3 is 1. The van der Waals surface area contributed by atoms with Gasteiger partial charge in [0.25, 0.3) is 5.91 Å². The van der Waals surface area contributed by atoms with E-state index >= 15 is 0 Å². The number of benzene rings is 3. The lowest BCUT2D eigenvalue weighted by molar-refractivity contribution is -0.139. The molecule has 0 radical (unpaired) electrons. The number of allylic oxidation sites excluding steroid dienone is 1. The summed E-state index contributed by atoms with van der Waals surface area (Å²) in [6, 6.07) is 17.0. The molecule has 3 aromatic rings. The van der Waals surface area contributed by atoms with E-state index < -0.39 is 17.9 Å². The summed E-state index contributed by atoms with van der Waals surface area (Å²) in [6.45, 7) is 5.67. The molecule has 3 N–H and O–H groups in total. The SMILES string of the molecule is CCOC(=O)C1=C(C)NC(=S)N[C@H]1c1ccccc1OCC(=O)NN=Cc1cc(I)c(OCc2ccc(C(=O)OCC)cc2)c(OC)c1. The van der Waals surface area contributed by atoms with Gasteiger partial charge < -0.3 is 34.3 Å². The van der Waals surface area contributed by atoms with Gasteiger partial charge in [0.2, 0.25) is 0 Å². The zero-order chi connectivity index (χ0) is 34.6. The molecule has 12 nitrogen and oxygen atoms in total. The van der Waals surface area contributed by atoms with Crippen LogP contribution in [-0.2, 0) is 25.7 Å². The van der Waals surface area contributed by atoms with E-state index in [2.05, 4.69) is 43.8 Å². The summed E-state index contributed by atoms with van der Waals surface area (Å²) in [7, 11) is 1.53. The Hall–Kier alpha value is -4.70. The molecule has 0 unspecified atom stereocenters. The van der Waals surface area contributed by atoms with Crippen LogP contribution in [0.15, 0.2) is 77.0 Å². The van der Waals surface area contributed by atoms with Crippen molar-refractivity contribution in [1.82, 2.24) is 16.1 Å². The standard InChI is InChI=1S/C34H35IN4O8S/c1-5-44-32(41)23-13-11-21(12-14-23)18-47-31-25(35)15-22(16-27(31)43-4)17-36-39-28(40)19-46-26-10-8-7-9-24(26)30-29(33(42)45-6-2)20(3)37-34(48)38-30/h7-17,30H,5-6,18-19H2,1-4H3,(H,39,40)(H2,37,38,48)/t30-/m0/s1. The molecule has 252 valence electrons. The van der Waals surface area contributed by atoms with Crippen LogP contribution in [0.2, 0.25) is 0 Å². The zero-order valence-corrected chi connectivity index (χ0v) is 29.7. The van der Waals surface area contributed by atoms with E-state index in [4.69, 9.17) is 35.9 Å². The number of amides is 1. The molecule has 1 heterocycles. The van der Waals surface area contributed by atoms with Crippen molar-refractivity contribution in [3.63, 3.8) is 0 Å². The van der Waals surface area contributed by atoms with Gasteiger partial charge in [-0.2, -0.15) is 5.10 Å². The van der Waals surface area contributed by atoms with Crippen molar-refractivity contribution in [3.05, 3.63) is 97.8 Å². The lowest BCUT2D eigenvalue weighted by Crippen LogP contribution is -2.45. The van der Waals surface area contributed by atoms with Crippen LogP contribution in [-0.4, -0.2) is 56.1 Å². The van der Waals surface area contributed by atoms with E-state index in [-0.39, 0.29) is 25.8 Å². The summed E-state index contributed by atoms with van der Waals surface area (Å²) in [4.78, 5) is 37.3. The van der Waals surface area contributed by atoms with Gasteiger partial charge in [0.15, 0.2) is 23.2 Å². The number of hydrogen-bond acceptors (Lipinski definition) is 10. The summed E-state index contributed by atoms with van der Waals surface area (Å²) in [5.41, 5.74) is 6.00. The first-order valence-electron chi connectivity index (χ1n) is 14.9. The Morgan fingerprint density at radius 2 is 1.69 bits per heavy atom. The molecule has 1 aliphatic rings. The second-order valence-electron chi connectivity index (χ2n) is 10.2. The molecule has 1 atom stereocenters. The highest BCUT2D eigenvalue weighted by Gasteiger charge is 2.32. The average molecular weight is 787 g/mol. The van der Waals surface area contributed by atoms with E-state index in [1.54, 1.807) is 75.4 Å². The maximum Gasteiger partial charge on any atom is 0.338 e. The summed E-state index contributed by atoms with van der Waals surface area (Å²) in [5.74, 6) is 0.0523. The number of carbonyl (C=O) groups excluding carboxylic acids is 3. The van der Waals surface area contributed by atoms with Gasteiger partial charge in [-0.3, -0.25) is 4.79 Å². The van der Waals surface area contributed by atoms with E-state index in [0.717, 1.165) is 9.13 Å². The lowest BCUT2D eigenvalue weighted by Gasteiger charge is -2.30. The van der Waals surface area contributed by atoms with Gasteiger partial charge in [-0.05, 0) is 97.0 Å². The molecule has 3 aromatic carbocycles. The summed E-state index contributed by atoms with van der Waals surface area (Å²) in [5, 5.41) is 10.5. The minimum atomic E-state index is -0.642.